The van der Waals surface area contributed by atoms with Crippen LogP contribution in [0.5, 0.6) is 5.75 Å². The number of piperidine rings is 1. The number of hydrogen-bond donors (Lipinski definition) is 2. The van der Waals surface area contributed by atoms with Gasteiger partial charge in [-0.1, -0.05) is 13.0 Å². The van der Waals surface area contributed by atoms with Crippen molar-refractivity contribution in [3.05, 3.63) is 59.0 Å². The molecule has 1 saturated heterocycles. The van der Waals surface area contributed by atoms with Crippen molar-refractivity contribution in [1.82, 2.24) is 14.9 Å². The molecule has 1 aliphatic rings. The van der Waals surface area contributed by atoms with E-state index in [0.717, 1.165) is 47.2 Å². The molecule has 1 aliphatic heterocycles. The van der Waals surface area contributed by atoms with Crippen molar-refractivity contribution in [2.24, 2.45) is 0 Å². The van der Waals surface area contributed by atoms with Gasteiger partial charge in [-0.25, -0.2) is 9.78 Å². The number of benzene rings is 1. The molecule has 182 valence electrons. The van der Waals surface area contributed by atoms with E-state index in [2.05, 4.69) is 47.8 Å². The highest BCUT2D eigenvalue weighted by Crippen LogP contribution is 2.46. The van der Waals surface area contributed by atoms with Crippen LogP contribution >= 0.6 is 0 Å². The van der Waals surface area contributed by atoms with Gasteiger partial charge in [-0.05, 0) is 69.4 Å². The third kappa shape index (κ3) is 4.18. The number of methoxy groups -OCH3 is 1. The molecule has 0 saturated carbocycles. The van der Waals surface area contributed by atoms with E-state index in [9.17, 15) is 9.90 Å². The minimum atomic E-state index is -1.02. The Hall–Kier alpha value is -2.90. The SMILES string of the molecule is CCO[C@H]1C[C@H](C)N(Cc2c(OC)cc(C)c3[nH]ccc23)C(CC)(c2ccc(C(=O)O)nc2)C1. The largest absolute Gasteiger partial charge is 0.496 e. The van der Waals surface area contributed by atoms with Crippen LogP contribution in [-0.2, 0) is 16.8 Å². The summed E-state index contributed by atoms with van der Waals surface area (Å²) in [7, 11) is 1.73. The van der Waals surface area contributed by atoms with E-state index >= 15 is 0 Å². The summed E-state index contributed by atoms with van der Waals surface area (Å²) >= 11 is 0. The third-order valence-electron chi connectivity index (χ3n) is 7.42. The summed E-state index contributed by atoms with van der Waals surface area (Å²) in [4.78, 5) is 21.6. The maximum atomic E-state index is 11.4. The van der Waals surface area contributed by atoms with Crippen molar-refractivity contribution >= 4 is 16.9 Å². The Labute approximate surface area is 201 Å². The van der Waals surface area contributed by atoms with E-state index in [-0.39, 0.29) is 23.4 Å². The van der Waals surface area contributed by atoms with Crippen LogP contribution < -0.4 is 4.74 Å². The normalized spacial score (nSPS) is 23.3. The van der Waals surface area contributed by atoms with Crippen LogP contribution in [0.3, 0.4) is 0 Å². The van der Waals surface area contributed by atoms with E-state index in [1.165, 1.54) is 5.39 Å². The van der Waals surface area contributed by atoms with Gasteiger partial charge in [0.05, 0.1) is 18.8 Å². The summed E-state index contributed by atoms with van der Waals surface area (Å²) in [6.07, 6.45) is 6.44. The van der Waals surface area contributed by atoms with Crippen LogP contribution in [0.1, 0.15) is 67.2 Å². The number of aromatic nitrogens is 2. The molecule has 2 N–H and O–H groups in total. The maximum Gasteiger partial charge on any atom is 0.354 e. The molecule has 0 amide bonds. The number of nitrogens with zero attached hydrogens (tertiary/aromatic N) is 2. The Morgan fingerprint density at radius 3 is 2.74 bits per heavy atom. The molecule has 4 rings (SSSR count). The second-order valence-corrected chi connectivity index (χ2v) is 9.26. The highest BCUT2D eigenvalue weighted by molar-refractivity contribution is 5.88. The monoisotopic (exact) mass is 465 g/mol. The minimum absolute atomic E-state index is 0.0565. The van der Waals surface area contributed by atoms with Gasteiger partial charge in [0.1, 0.15) is 11.4 Å². The quantitative estimate of drug-likeness (QED) is 0.471. The molecule has 0 aliphatic carbocycles. The van der Waals surface area contributed by atoms with Crippen LogP contribution in [0.2, 0.25) is 0 Å². The Balaban J connectivity index is 1.83. The summed E-state index contributed by atoms with van der Waals surface area (Å²) < 4.78 is 12.0. The molecule has 0 spiro atoms. The zero-order valence-electron chi connectivity index (χ0n) is 20.7. The smallest absolute Gasteiger partial charge is 0.354 e. The molecular weight excluding hydrogens is 430 g/mol. The zero-order chi connectivity index (χ0) is 24.5. The van der Waals surface area contributed by atoms with Gasteiger partial charge in [-0.15, -0.1) is 0 Å². The number of aromatic carboxylic acids is 1. The molecule has 0 radical (unpaired) electrons. The number of rotatable bonds is 8. The number of likely N-dealkylation sites (tertiary alicyclic amines) is 1. The molecule has 3 atom stereocenters. The fourth-order valence-electron chi connectivity index (χ4n) is 5.76. The first kappa shape index (κ1) is 24.2. The van der Waals surface area contributed by atoms with Crippen LogP contribution in [0.15, 0.2) is 36.7 Å². The molecule has 2 aromatic heterocycles. The number of pyridine rings is 1. The first-order valence-corrected chi connectivity index (χ1v) is 12.1. The molecule has 34 heavy (non-hydrogen) atoms. The average molecular weight is 466 g/mol. The summed E-state index contributed by atoms with van der Waals surface area (Å²) in [5.74, 6) is -0.134. The van der Waals surface area contributed by atoms with Gasteiger partial charge in [0, 0.05) is 48.1 Å². The maximum absolute atomic E-state index is 11.4. The molecule has 3 aromatic rings. The molecule has 1 aromatic carbocycles. The number of ether oxygens (including phenoxy) is 2. The van der Waals surface area contributed by atoms with Crippen molar-refractivity contribution in [2.75, 3.05) is 13.7 Å². The summed E-state index contributed by atoms with van der Waals surface area (Å²) in [6, 6.07) is 7.99. The first-order chi connectivity index (χ1) is 16.3. The number of carboxylic acids is 1. The standard InChI is InChI=1S/C27H35N3O4/c1-6-27(19-8-9-23(26(31)32)29-15-19)14-20(34-7-2)13-18(4)30(27)16-22-21-10-11-28-25(21)17(3)12-24(22)33-5/h8-12,15,18,20,28H,6-7,13-14,16H2,1-5H3,(H,31,32)/t18-,20-,27?/m0/s1. The lowest BCUT2D eigenvalue weighted by molar-refractivity contribution is -0.0890. The second kappa shape index (κ2) is 9.76. The van der Waals surface area contributed by atoms with E-state index < -0.39 is 5.97 Å². The summed E-state index contributed by atoms with van der Waals surface area (Å²) in [5.41, 5.74) is 4.16. The summed E-state index contributed by atoms with van der Waals surface area (Å²) in [5, 5.41) is 10.5. The van der Waals surface area contributed by atoms with E-state index in [4.69, 9.17) is 9.47 Å². The van der Waals surface area contributed by atoms with Gasteiger partial charge in [0.2, 0.25) is 0 Å². The molecular formula is C27H35N3O4. The van der Waals surface area contributed by atoms with Gasteiger partial charge in [-0.2, -0.15) is 0 Å². The van der Waals surface area contributed by atoms with Gasteiger partial charge in [-0.3, -0.25) is 4.90 Å². The Morgan fingerprint density at radius 1 is 1.32 bits per heavy atom. The number of aryl methyl sites for hydroxylation is 1. The van der Waals surface area contributed by atoms with Crippen LogP contribution in [0.4, 0.5) is 0 Å². The lowest BCUT2D eigenvalue weighted by atomic mass is 9.75. The first-order valence-electron chi connectivity index (χ1n) is 12.1. The number of hydrogen-bond acceptors (Lipinski definition) is 5. The van der Waals surface area contributed by atoms with Crippen molar-refractivity contribution in [1.29, 1.82) is 0 Å². The van der Waals surface area contributed by atoms with Gasteiger partial charge >= 0.3 is 5.97 Å². The van der Waals surface area contributed by atoms with E-state index in [1.807, 2.05) is 19.2 Å². The topological polar surface area (TPSA) is 87.7 Å². The third-order valence-corrected chi connectivity index (χ3v) is 7.42. The highest BCUT2D eigenvalue weighted by Gasteiger charge is 2.46. The molecule has 0 bridgehead atoms. The fourth-order valence-corrected chi connectivity index (χ4v) is 5.76. The Morgan fingerprint density at radius 2 is 2.12 bits per heavy atom. The average Bonchev–Trinajstić information content (AvgIpc) is 3.32. The lowest BCUT2D eigenvalue weighted by Crippen LogP contribution is -2.56. The van der Waals surface area contributed by atoms with Gasteiger partial charge in [0.25, 0.3) is 0 Å². The number of carbonyl (C=O) groups is 1. The number of carboxylic acid groups (broad SMARTS) is 1. The molecule has 7 nitrogen and oxygen atoms in total. The number of fused-ring (bicyclic) bond motifs is 1. The Bertz CT molecular complexity index is 1160. The minimum Gasteiger partial charge on any atom is -0.496 e. The van der Waals surface area contributed by atoms with E-state index in [1.54, 1.807) is 19.4 Å². The predicted molar refractivity (Wildman–Crippen MR) is 132 cm³/mol. The van der Waals surface area contributed by atoms with Crippen molar-refractivity contribution < 1.29 is 19.4 Å². The number of H-pyrrole nitrogens is 1. The van der Waals surface area contributed by atoms with Crippen LogP contribution in [0.25, 0.3) is 10.9 Å². The highest BCUT2D eigenvalue weighted by atomic mass is 16.5. The second-order valence-electron chi connectivity index (χ2n) is 9.26. The zero-order valence-corrected chi connectivity index (χ0v) is 20.7. The molecule has 1 fully saturated rings. The number of aromatic amines is 1. The fraction of sp³-hybridized carbons (Fsp3) is 0.481. The Kier molecular flexibility index (Phi) is 6.96. The molecule has 3 heterocycles. The number of nitrogens with one attached hydrogen (secondary N) is 1. The predicted octanol–water partition coefficient (Wildman–Crippen LogP) is 5.27. The molecule has 7 heteroatoms. The lowest BCUT2D eigenvalue weighted by Gasteiger charge is -2.53. The van der Waals surface area contributed by atoms with Crippen LogP contribution in [-0.4, -0.2) is 51.8 Å². The van der Waals surface area contributed by atoms with Gasteiger partial charge < -0.3 is 19.6 Å². The van der Waals surface area contributed by atoms with Crippen molar-refractivity contribution in [3.8, 4) is 5.75 Å². The summed E-state index contributed by atoms with van der Waals surface area (Å²) in [6.45, 7) is 9.94. The van der Waals surface area contributed by atoms with Crippen molar-refractivity contribution in [2.45, 2.75) is 71.2 Å². The van der Waals surface area contributed by atoms with Crippen molar-refractivity contribution in [3.63, 3.8) is 0 Å². The van der Waals surface area contributed by atoms with Crippen LogP contribution in [0, 0.1) is 6.92 Å². The molecule has 1 unspecified atom stereocenters. The van der Waals surface area contributed by atoms with E-state index in [0.29, 0.717) is 13.2 Å². The van der Waals surface area contributed by atoms with Gasteiger partial charge in [0.15, 0.2) is 0 Å².